The average Bonchev–Trinajstić information content (AvgIpc) is 2.56. The summed E-state index contributed by atoms with van der Waals surface area (Å²) >= 11 is 16.1. The smallest absolute Gasteiger partial charge is 0.0765 e. The van der Waals surface area contributed by atoms with Gasteiger partial charge in [-0.1, -0.05) is 34.9 Å². The predicted octanol–water partition coefficient (Wildman–Crippen LogP) is 3.72. The van der Waals surface area contributed by atoms with E-state index in [2.05, 4.69) is 21.9 Å². The third-order valence-corrected chi connectivity index (χ3v) is 5.30. The Balaban J connectivity index is 2.78. The first-order valence-electron chi connectivity index (χ1n) is 6.83. The molecule has 0 radical (unpaired) electrons. The molecule has 0 aromatic carbocycles. The number of alkyl halides is 3. The van der Waals surface area contributed by atoms with Crippen molar-refractivity contribution >= 4 is 39.1 Å². The molecule has 1 aliphatic heterocycles. The molecule has 1 aliphatic rings. The van der Waals surface area contributed by atoms with Gasteiger partial charge < -0.3 is 9.84 Å². The maximum Gasteiger partial charge on any atom is 0.0765 e. The number of terminal acetylenes is 1. The van der Waals surface area contributed by atoms with Crippen molar-refractivity contribution in [3.8, 4) is 12.3 Å². The molecule has 1 heterocycles. The van der Waals surface area contributed by atoms with Crippen LogP contribution in [-0.4, -0.2) is 39.5 Å². The third-order valence-electron chi connectivity index (χ3n) is 3.65. The second kappa shape index (κ2) is 9.33. The first-order valence-corrected chi connectivity index (χ1v) is 8.83. The quantitative estimate of drug-likeness (QED) is 0.579. The van der Waals surface area contributed by atoms with Crippen LogP contribution in [-0.2, 0) is 4.74 Å². The maximum absolute atomic E-state index is 10.3. The SMILES string of the molecule is C#C/C=C\CC(Cl)[C@@H]1C[C@@H](Cl)[C@H](O)[C@@H](CBr)[C@@H](CC)O1. The van der Waals surface area contributed by atoms with E-state index in [1.807, 2.05) is 13.0 Å². The molecular formula is C15H21BrCl2O2. The Morgan fingerprint density at radius 1 is 1.60 bits per heavy atom. The molecule has 5 heteroatoms. The zero-order chi connectivity index (χ0) is 15.1. The summed E-state index contributed by atoms with van der Waals surface area (Å²) in [5.74, 6) is 2.42. The number of rotatable bonds is 5. The fraction of sp³-hybridized carbons (Fsp3) is 0.733. The van der Waals surface area contributed by atoms with E-state index in [9.17, 15) is 5.11 Å². The minimum absolute atomic E-state index is 0.0161. The lowest BCUT2D eigenvalue weighted by atomic mass is 9.93. The van der Waals surface area contributed by atoms with E-state index in [1.54, 1.807) is 6.08 Å². The van der Waals surface area contributed by atoms with Crippen LogP contribution in [0.2, 0.25) is 0 Å². The summed E-state index contributed by atoms with van der Waals surface area (Å²) in [6.07, 6.45) is 9.84. The van der Waals surface area contributed by atoms with Crippen molar-refractivity contribution in [2.75, 3.05) is 5.33 Å². The fourth-order valence-electron chi connectivity index (χ4n) is 2.47. The number of aliphatic hydroxyl groups is 1. The van der Waals surface area contributed by atoms with E-state index in [0.717, 1.165) is 6.42 Å². The Bertz CT molecular complexity index is 356. The first-order chi connectivity index (χ1) is 9.54. The van der Waals surface area contributed by atoms with E-state index >= 15 is 0 Å². The molecule has 20 heavy (non-hydrogen) atoms. The topological polar surface area (TPSA) is 29.5 Å². The van der Waals surface area contributed by atoms with Crippen molar-refractivity contribution in [3.63, 3.8) is 0 Å². The lowest BCUT2D eigenvalue weighted by molar-refractivity contribution is -0.0447. The van der Waals surface area contributed by atoms with Gasteiger partial charge in [0.2, 0.25) is 0 Å². The van der Waals surface area contributed by atoms with Gasteiger partial charge in [-0.05, 0) is 25.3 Å². The van der Waals surface area contributed by atoms with Crippen molar-refractivity contribution in [3.05, 3.63) is 12.2 Å². The molecule has 0 aromatic rings. The van der Waals surface area contributed by atoms with Gasteiger partial charge in [0.25, 0.3) is 0 Å². The lowest BCUT2D eigenvalue weighted by Gasteiger charge is -2.28. The summed E-state index contributed by atoms with van der Waals surface area (Å²) in [4.78, 5) is 0. The van der Waals surface area contributed by atoms with Crippen LogP contribution in [0.25, 0.3) is 0 Å². The molecule has 1 rings (SSSR count). The van der Waals surface area contributed by atoms with Crippen molar-refractivity contribution in [1.82, 2.24) is 0 Å². The monoisotopic (exact) mass is 382 g/mol. The van der Waals surface area contributed by atoms with Crippen molar-refractivity contribution < 1.29 is 9.84 Å². The van der Waals surface area contributed by atoms with Gasteiger partial charge >= 0.3 is 0 Å². The normalized spacial score (nSPS) is 36.5. The second-order valence-corrected chi connectivity index (χ2v) is 6.77. The highest BCUT2D eigenvalue weighted by Gasteiger charge is 2.40. The first kappa shape index (κ1) is 18.3. The van der Waals surface area contributed by atoms with Crippen LogP contribution in [0.3, 0.4) is 0 Å². The van der Waals surface area contributed by atoms with E-state index in [0.29, 0.717) is 18.2 Å². The number of allylic oxidation sites excluding steroid dienone is 2. The number of hydrogen-bond acceptors (Lipinski definition) is 2. The van der Waals surface area contributed by atoms with Crippen LogP contribution < -0.4 is 0 Å². The molecule has 2 nitrogen and oxygen atoms in total. The number of hydrogen-bond donors (Lipinski definition) is 1. The van der Waals surface area contributed by atoms with Crippen molar-refractivity contribution in [2.45, 2.75) is 55.3 Å². The van der Waals surface area contributed by atoms with Crippen molar-refractivity contribution in [2.24, 2.45) is 5.92 Å². The summed E-state index contributed by atoms with van der Waals surface area (Å²) in [5.41, 5.74) is 0. The average molecular weight is 384 g/mol. The standard InChI is InChI=1S/C15H21BrCl2O2/c1-3-5-6-7-11(17)14-8-12(18)15(19)10(9-16)13(4-2)20-14/h1,5-6,10-15,19H,4,7-9H2,2H3/b6-5-/t10-,11?,12+,13+,14-,15+/m0/s1. The molecule has 0 aliphatic carbocycles. The number of halogens is 3. The zero-order valence-corrected chi connectivity index (χ0v) is 14.6. The van der Waals surface area contributed by atoms with Gasteiger partial charge in [0.15, 0.2) is 0 Å². The molecule has 0 saturated carbocycles. The summed E-state index contributed by atoms with van der Waals surface area (Å²) in [6.45, 7) is 2.04. The number of ether oxygens (including phenoxy) is 1. The summed E-state index contributed by atoms with van der Waals surface area (Å²) < 4.78 is 6.11. The Labute approximate surface area is 140 Å². The van der Waals surface area contributed by atoms with Crippen LogP contribution in [0.15, 0.2) is 12.2 Å². The number of aliphatic hydroxyl groups excluding tert-OH is 1. The summed E-state index contributed by atoms with van der Waals surface area (Å²) in [6, 6.07) is 0. The molecule has 114 valence electrons. The highest BCUT2D eigenvalue weighted by molar-refractivity contribution is 9.09. The molecule has 0 amide bonds. The van der Waals surface area contributed by atoms with Gasteiger partial charge in [0, 0.05) is 11.2 Å². The Morgan fingerprint density at radius 3 is 2.85 bits per heavy atom. The molecule has 6 atom stereocenters. The van der Waals surface area contributed by atoms with Gasteiger partial charge in [0.1, 0.15) is 0 Å². The molecule has 0 bridgehead atoms. The predicted molar refractivity (Wildman–Crippen MR) is 88.7 cm³/mol. The minimum Gasteiger partial charge on any atom is -0.391 e. The van der Waals surface area contributed by atoms with Crippen LogP contribution in [0.1, 0.15) is 26.2 Å². The van der Waals surface area contributed by atoms with E-state index in [-0.39, 0.29) is 28.9 Å². The van der Waals surface area contributed by atoms with Gasteiger partial charge in [-0.2, -0.15) is 0 Å². The largest absolute Gasteiger partial charge is 0.391 e. The van der Waals surface area contributed by atoms with Crippen LogP contribution in [0.5, 0.6) is 0 Å². The molecule has 1 unspecified atom stereocenters. The second-order valence-electron chi connectivity index (χ2n) is 5.00. The van der Waals surface area contributed by atoms with Gasteiger partial charge in [-0.15, -0.1) is 29.6 Å². The van der Waals surface area contributed by atoms with Crippen LogP contribution >= 0.6 is 39.1 Å². The molecule has 1 N–H and O–H groups in total. The maximum atomic E-state index is 10.3. The van der Waals surface area contributed by atoms with E-state index < -0.39 is 6.10 Å². The van der Waals surface area contributed by atoms with Gasteiger partial charge in [-0.25, -0.2) is 0 Å². The van der Waals surface area contributed by atoms with Crippen LogP contribution in [0, 0.1) is 18.3 Å². The Hall–Kier alpha value is 0.280. The summed E-state index contributed by atoms with van der Waals surface area (Å²) in [5, 5.41) is 10.4. The van der Waals surface area contributed by atoms with Gasteiger partial charge in [-0.3, -0.25) is 0 Å². The molecule has 1 saturated heterocycles. The van der Waals surface area contributed by atoms with E-state index in [1.165, 1.54) is 0 Å². The highest BCUT2D eigenvalue weighted by atomic mass is 79.9. The van der Waals surface area contributed by atoms with Crippen molar-refractivity contribution in [1.29, 1.82) is 0 Å². The molecule has 0 aromatic heterocycles. The lowest BCUT2D eigenvalue weighted by Crippen LogP contribution is -2.37. The van der Waals surface area contributed by atoms with Gasteiger partial charge in [0.05, 0.1) is 29.1 Å². The third kappa shape index (κ3) is 4.93. The fourth-order valence-corrected chi connectivity index (χ4v) is 3.90. The van der Waals surface area contributed by atoms with Crippen LogP contribution in [0.4, 0.5) is 0 Å². The molecule has 0 spiro atoms. The molecule has 1 fully saturated rings. The highest BCUT2D eigenvalue weighted by Crippen LogP contribution is 2.33. The molecular weight excluding hydrogens is 363 g/mol. The minimum atomic E-state index is -0.587. The Kier molecular flexibility index (Phi) is 8.55. The van der Waals surface area contributed by atoms with E-state index in [4.69, 9.17) is 34.4 Å². The zero-order valence-electron chi connectivity index (χ0n) is 11.5. The Morgan fingerprint density at radius 2 is 2.30 bits per heavy atom. The summed E-state index contributed by atoms with van der Waals surface area (Å²) in [7, 11) is 0.